The van der Waals surface area contributed by atoms with Crippen molar-refractivity contribution in [3.05, 3.63) is 29.6 Å². The Hall–Kier alpha value is -2.11. The van der Waals surface area contributed by atoms with Crippen molar-refractivity contribution in [1.29, 1.82) is 0 Å². The molecule has 1 aliphatic rings. The number of piperidine rings is 1. The van der Waals surface area contributed by atoms with Gasteiger partial charge in [-0.3, -0.25) is 4.79 Å². The zero-order valence-corrected chi connectivity index (χ0v) is 10.6. The van der Waals surface area contributed by atoms with E-state index in [1.807, 2.05) is 0 Å². The Morgan fingerprint density at radius 3 is 2.63 bits per heavy atom. The third kappa shape index (κ3) is 2.83. The van der Waals surface area contributed by atoms with Gasteiger partial charge in [-0.15, -0.1) is 0 Å². The number of ether oxygens (including phenoxy) is 1. The molecule has 1 heterocycles. The molecule has 0 saturated carbocycles. The molecule has 1 aromatic rings. The second-order valence-corrected chi connectivity index (χ2v) is 4.31. The second-order valence-electron chi connectivity index (χ2n) is 4.31. The van der Waals surface area contributed by atoms with Gasteiger partial charge in [0.25, 0.3) is 5.91 Å². The van der Waals surface area contributed by atoms with Gasteiger partial charge >= 0.3 is 0 Å². The molecule has 5 nitrogen and oxygen atoms in total. The first kappa shape index (κ1) is 13.3. The van der Waals surface area contributed by atoms with Crippen molar-refractivity contribution in [2.75, 3.05) is 20.2 Å². The maximum absolute atomic E-state index is 13.5. The normalized spacial score (nSPS) is 15.3. The number of rotatable bonds is 2. The molecule has 0 aliphatic carbocycles. The van der Waals surface area contributed by atoms with Gasteiger partial charge in [0.05, 0.1) is 12.8 Å². The van der Waals surface area contributed by atoms with E-state index in [1.54, 1.807) is 11.0 Å². The third-order valence-corrected chi connectivity index (χ3v) is 3.17. The Kier molecular flexibility index (Phi) is 3.99. The fourth-order valence-electron chi connectivity index (χ4n) is 2.05. The smallest absolute Gasteiger partial charge is 0.253 e. The quantitative estimate of drug-likeness (QED) is 0.657. The Morgan fingerprint density at radius 2 is 2.11 bits per heavy atom. The molecule has 0 spiro atoms. The van der Waals surface area contributed by atoms with E-state index < -0.39 is 5.82 Å². The Morgan fingerprint density at radius 1 is 1.42 bits per heavy atom. The van der Waals surface area contributed by atoms with Crippen LogP contribution < -0.4 is 4.74 Å². The molecule has 6 heteroatoms. The summed E-state index contributed by atoms with van der Waals surface area (Å²) in [7, 11) is 1.38. The SMILES string of the molecule is COc1ccc(C(=O)N2CCC(=NO)CC2)cc1F. The summed E-state index contributed by atoms with van der Waals surface area (Å²) in [5.74, 6) is -0.661. The average Bonchev–Trinajstić information content (AvgIpc) is 2.46. The van der Waals surface area contributed by atoms with E-state index in [9.17, 15) is 9.18 Å². The van der Waals surface area contributed by atoms with Crippen LogP contribution in [0.4, 0.5) is 4.39 Å². The molecular weight excluding hydrogens is 251 g/mol. The zero-order chi connectivity index (χ0) is 13.8. The van der Waals surface area contributed by atoms with Crippen LogP contribution in [0.2, 0.25) is 0 Å². The number of benzene rings is 1. The number of halogens is 1. The summed E-state index contributed by atoms with van der Waals surface area (Å²) < 4.78 is 18.4. The van der Waals surface area contributed by atoms with Gasteiger partial charge in [-0.25, -0.2) is 4.39 Å². The lowest BCUT2D eigenvalue weighted by Gasteiger charge is -2.27. The average molecular weight is 266 g/mol. The molecule has 0 unspecified atom stereocenters. The van der Waals surface area contributed by atoms with Gasteiger partial charge in [0.15, 0.2) is 11.6 Å². The first-order valence-electron chi connectivity index (χ1n) is 5.98. The van der Waals surface area contributed by atoms with Gasteiger partial charge in [-0.2, -0.15) is 0 Å². The summed E-state index contributed by atoms with van der Waals surface area (Å²) >= 11 is 0. The van der Waals surface area contributed by atoms with Crippen molar-refractivity contribution >= 4 is 11.6 Å². The largest absolute Gasteiger partial charge is 0.494 e. The molecular formula is C13H15FN2O3. The van der Waals surface area contributed by atoms with Crippen molar-refractivity contribution in [3.8, 4) is 5.75 Å². The van der Waals surface area contributed by atoms with Crippen molar-refractivity contribution in [1.82, 2.24) is 4.90 Å². The summed E-state index contributed by atoms with van der Waals surface area (Å²) in [6.07, 6.45) is 1.09. The highest BCUT2D eigenvalue weighted by Crippen LogP contribution is 2.19. The highest BCUT2D eigenvalue weighted by atomic mass is 19.1. The zero-order valence-electron chi connectivity index (χ0n) is 10.6. The molecule has 1 aliphatic heterocycles. The molecule has 1 saturated heterocycles. The van der Waals surface area contributed by atoms with Crippen LogP contribution in [0.5, 0.6) is 5.75 Å². The van der Waals surface area contributed by atoms with Crippen LogP contribution in [0.1, 0.15) is 23.2 Å². The molecule has 1 fully saturated rings. The number of amides is 1. The number of hydrogen-bond acceptors (Lipinski definition) is 4. The summed E-state index contributed by atoms with van der Waals surface area (Å²) in [6, 6.07) is 4.16. The maximum Gasteiger partial charge on any atom is 0.253 e. The van der Waals surface area contributed by atoms with Gasteiger partial charge < -0.3 is 14.8 Å². The number of hydrogen-bond donors (Lipinski definition) is 1. The highest BCUT2D eigenvalue weighted by molar-refractivity contribution is 5.96. The topological polar surface area (TPSA) is 62.1 Å². The maximum atomic E-state index is 13.5. The molecule has 19 heavy (non-hydrogen) atoms. The predicted molar refractivity (Wildman–Crippen MR) is 67.3 cm³/mol. The minimum atomic E-state index is -0.553. The minimum Gasteiger partial charge on any atom is -0.494 e. The number of carbonyl (C=O) groups is 1. The van der Waals surface area contributed by atoms with Crippen molar-refractivity contribution in [3.63, 3.8) is 0 Å². The molecule has 1 amide bonds. The minimum absolute atomic E-state index is 0.116. The lowest BCUT2D eigenvalue weighted by molar-refractivity contribution is 0.0753. The van der Waals surface area contributed by atoms with E-state index >= 15 is 0 Å². The highest BCUT2D eigenvalue weighted by Gasteiger charge is 2.22. The van der Waals surface area contributed by atoms with E-state index in [1.165, 1.54) is 19.2 Å². The number of methoxy groups -OCH3 is 1. The molecule has 0 aromatic heterocycles. The molecule has 0 bridgehead atoms. The van der Waals surface area contributed by atoms with Gasteiger partial charge in [-0.05, 0) is 18.2 Å². The lowest BCUT2D eigenvalue weighted by Crippen LogP contribution is -2.38. The van der Waals surface area contributed by atoms with Gasteiger partial charge in [0.1, 0.15) is 0 Å². The lowest BCUT2D eigenvalue weighted by atomic mass is 10.1. The van der Waals surface area contributed by atoms with Gasteiger partial charge in [0.2, 0.25) is 0 Å². The second kappa shape index (κ2) is 5.69. The van der Waals surface area contributed by atoms with E-state index in [0.29, 0.717) is 37.2 Å². The van der Waals surface area contributed by atoms with Gasteiger partial charge in [-0.1, -0.05) is 5.16 Å². The predicted octanol–water partition coefficient (Wildman–Crippen LogP) is 1.90. The Balaban J connectivity index is 2.10. The fraction of sp³-hybridized carbons (Fsp3) is 0.385. The summed E-state index contributed by atoms with van der Waals surface area (Å²) in [5.41, 5.74) is 0.979. The van der Waals surface area contributed by atoms with Crippen LogP contribution in [0.3, 0.4) is 0 Å². The monoisotopic (exact) mass is 266 g/mol. The van der Waals surface area contributed by atoms with Gasteiger partial charge in [0, 0.05) is 31.5 Å². The van der Waals surface area contributed by atoms with E-state index in [4.69, 9.17) is 9.94 Å². The third-order valence-electron chi connectivity index (χ3n) is 3.17. The van der Waals surface area contributed by atoms with Crippen LogP contribution >= 0.6 is 0 Å². The number of likely N-dealkylation sites (tertiary alicyclic amines) is 1. The Labute approximate surface area is 110 Å². The number of nitrogens with zero attached hydrogens (tertiary/aromatic N) is 2. The van der Waals surface area contributed by atoms with Crippen LogP contribution in [0.25, 0.3) is 0 Å². The number of carbonyl (C=O) groups excluding carboxylic acids is 1. The molecule has 102 valence electrons. The first-order valence-corrected chi connectivity index (χ1v) is 5.98. The van der Waals surface area contributed by atoms with E-state index in [0.717, 1.165) is 0 Å². The van der Waals surface area contributed by atoms with Crippen LogP contribution in [-0.4, -0.2) is 41.9 Å². The molecule has 2 rings (SSSR count). The Bertz CT molecular complexity index is 507. The summed E-state index contributed by atoms with van der Waals surface area (Å²) in [4.78, 5) is 13.8. The van der Waals surface area contributed by atoms with Crippen LogP contribution in [0, 0.1) is 5.82 Å². The fourth-order valence-corrected chi connectivity index (χ4v) is 2.05. The van der Waals surface area contributed by atoms with Crippen LogP contribution in [-0.2, 0) is 0 Å². The first-order chi connectivity index (χ1) is 9.15. The standard InChI is InChI=1S/C13H15FN2O3/c1-19-12-3-2-9(8-11(12)14)13(17)16-6-4-10(15-18)5-7-16/h2-3,8,18H,4-7H2,1H3. The van der Waals surface area contributed by atoms with Crippen molar-refractivity contribution < 1.29 is 19.1 Å². The van der Waals surface area contributed by atoms with Crippen molar-refractivity contribution in [2.24, 2.45) is 5.16 Å². The molecule has 1 aromatic carbocycles. The molecule has 0 atom stereocenters. The van der Waals surface area contributed by atoms with E-state index in [-0.39, 0.29) is 11.7 Å². The summed E-state index contributed by atoms with van der Waals surface area (Å²) in [5, 5.41) is 11.8. The number of oxime groups is 1. The molecule has 1 N–H and O–H groups in total. The van der Waals surface area contributed by atoms with Crippen LogP contribution in [0.15, 0.2) is 23.4 Å². The molecule has 0 radical (unpaired) electrons. The van der Waals surface area contributed by atoms with E-state index in [2.05, 4.69) is 5.16 Å². The van der Waals surface area contributed by atoms with Crippen molar-refractivity contribution in [2.45, 2.75) is 12.8 Å². The summed E-state index contributed by atoms with van der Waals surface area (Å²) in [6.45, 7) is 0.956.